The summed E-state index contributed by atoms with van der Waals surface area (Å²) in [5.41, 5.74) is 1.26. The smallest absolute Gasteiger partial charge is 0.295 e. The molecule has 7 nitrogen and oxygen atoms in total. The average molecular weight is 466 g/mol. The van der Waals surface area contributed by atoms with Gasteiger partial charge in [-0.1, -0.05) is 12.1 Å². The molecule has 2 aromatic carbocycles. The standard InChI is InChI=1S/C25H23NO6S/c1-30-17-9-7-16(8-10-17)23(27)21-22(20-5-4-12-33-20)26(25(29)24(21)28)14-15-6-11-18(31-2)19(13-15)32-3/h4-13,22,27H,14H2,1-3H3/b23-21-. The Bertz CT molecular complexity index is 1200. The van der Waals surface area contributed by atoms with Gasteiger partial charge in [0.2, 0.25) is 0 Å². The maximum Gasteiger partial charge on any atom is 0.295 e. The fraction of sp³-hybridized carbons (Fsp3) is 0.200. The van der Waals surface area contributed by atoms with Gasteiger partial charge in [-0.2, -0.15) is 0 Å². The molecule has 4 rings (SSSR count). The first-order valence-electron chi connectivity index (χ1n) is 10.2. The van der Waals surface area contributed by atoms with E-state index >= 15 is 0 Å². The summed E-state index contributed by atoms with van der Waals surface area (Å²) < 4.78 is 15.8. The van der Waals surface area contributed by atoms with Crippen LogP contribution in [-0.4, -0.2) is 43.0 Å². The molecule has 8 heteroatoms. The molecular weight excluding hydrogens is 442 g/mol. The number of aliphatic hydroxyl groups is 1. The normalized spacial score (nSPS) is 17.3. The minimum atomic E-state index is -0.720. The van der Waals surface area contributed by atoms with Gasteiger partial charge in [0.15, 0.2) is 11.5 Å². The predicted octanol–water partition coefficient (Wildman–Crippen LogP) is 4.40. The molecule has 1 aromatic heterocycles. The van der Waals surface area contributed by atoms with Crippen molar-refractivity contribution in [2.45, 2.75) is 12.6 Å². The lowest BCUT2D eigenvalue weighted by Crippen LogP contribution is -2.28. The average Bonchev–Trinajstić information content (AvgIpc) is 3.46. The molecule has 0 spiro atoms. The third kappa shape index (κ3) is 4.17. The summed E-state index contributed by atoms with van der Waals surface area (Å²) >= 11 is 1.42. The van der Waals surface area contributed by atoms with Gasteiger partial charge in [0.25, 0.3) is 11.7 Å². The molecule has 0 radical (unpaired) electrons. The Morgan fingerprint density at radius 2 is 1.70 bits per heavy atom. The number of carbonyl (C=O) groups is 2. The molecule has 33 heavy (non-hydrogen) atoms. The van der Waals surface area contributed by atoms with E-state index in [1.165, 1.54) is 23.3 Å². The van der Waals surface area contributed by atoms with Crippen molar-refractivity contribution in [3.63, 3.8) is 0 Å². The van der Waals surface area contributed by atoms with Crippen LogP contribution in [0.1, 0.15) is 22.0 Å². The van der Waals surface area contributed by atoms with Gasteiger partial charge in [-0.3, -0.25) is 9.59 Å². The summed E-state index contributed by atoms with van der Waals surface area (Å²) in [5, 5.41) is 13.0. The van der Waals surface area contributed by atoms with Crippen LogP contribution >= 0.6 is 11.3 Å². The summed E-state index contributed by atoms with van der Waals surface area (Å²) in [7, 11) is 4.63. The highest BCUT2D eigenvalue weighted by Crippen LogP contribution is 2.42. The predicted molar refractivity (Wildman–Crippen MR) is 125 cm³/mol. The van der Waals surface area contributed by atoms with Crippen molar-refractivity contribution in [1.29, 1.82) is 0 Å². The zero-order chi connectivity index (χ0) is 23.5. The third-order valence-corrected chi connectivity index (χ3v) is 6.44. The van der Waals surface area contributed by atoms with Gasteiger partial charge < -0.3 is 24.2 Å². The fourth-order valence-electron chi connectivity index (χ4n) is 3.87. The van der Waals surface area contributed by atoms with Gasteiger partial charge in [0, 0.05) is 17.0 Å². The highest BCUT2D eigenvalue weighted by molar-refractivity contribution is 7.10. The topological polar surface area (TPSA) is 85.3 Å². The van der Waals surface area contributed by atoms with Crippen LogP contribution < -0.4 is 14.2 Å². The zero-order valence-corrected chi connectivity index (χ0v) is 19.2. The van der Waals surface area contributed by atoms with Crippen molar-refractivity contribution in [3.8, 4) is 17.2 Å². The van der Waals surface area contributed by atoms with Gasteiger partial charge in [0.1, 0.15) is 11.5 Å². The van der Waals surface area contributed by atoms with Crippen molar-refractivity contribution in [3.05, 3.63) is 81.6 Å². The Labute approximate surface area is 195 Å². The van der Waals surface area contributed by atoms with E-state index in [1.54, 1.807) is 50.6 Å². The number of Topliss-reactive ketones (excluding diaryl/α,β-unsaturated/α-hetero) is 1. The number of hydrogen-bond acceptors (Lipinski definition) is 7. The minimum absolute atomic E-state index is 0.0630. The lowest BCUT2D eigenvalue weighted by atomic mass is 9.99. The Kier molecular flexibility index (Phi) is 6.37. The van der Waals surface area contributed by atoms with E-state index in [0.717, 1.165) is 10.4 Å². The number of amides is 1. The van der Waals surface area contributed by atoms with Crippen LogP contribution in [0.5, 0.6) is 17.2 Å². The number of benzene rings is 2. The Morgan fingerprint density at radius 1 is 0.970 bits per heavy atom. The summed E-state index contributed by atoms with van der Waals surface area (Å²) in [5.74, 6) is 0.107. The molecule has 1 saturated heterocycles. The first-order chi connectivity index (χ1) is 16.0. The number of aliphatic hydroxyl groups excluding tert-OH is 1. The highest BCUT2D eigenvalue weighted by atomic mass is 32.1. The van der Waals surface area contributed by atoms with Gasteiger partial charge in [0.05, 0.1) is 32.9 Å². The van der Waals surface area contributed by atoms with Crippen molar-refractivity contribution in [1.82, 2.24) is 4.90 Å². The first-order valence-corrected chi connectivity index (χ1v) is 11.0. The molecule has 1 amide bonds. The second kappa shape index (κ2) is 9.38. The van der Waals surface area contributed by atoms with Crippen LogP contribution in [0.15, 0.2) is 65.6 Å². The fourth-order valence-corrected chi connectivity index (χ4v) is 4.71. The Balaban J connectivity index is 1.78. The lowest BCUT2D eigenvalue weighted by molar-refractivity contribution is -0.140. The number of methoxy groups -OCH3 is 3. The van der Waals surface area contributed by atoms with E-state index in [0.29, 0.717) is 22.8 Å². The van der Waals surface area contributed by atoms with Gasteiger partial charge >= 0.3 is 0 Å². The zero-order valence-electron chi connectivity index (χ0n) is 18.4. The van der Waals surface area contributed by atoms with Crippen LogP contribution in [0.25, 0.3) is 5.76 Å². The van der Waals surface area contributed by atoms with Crippen LogP contribution in [0.3, 0.4) is 0 Å². The summed E-state index contributed by atoms with van der Waals surface area (Å²) in [6.07, 6.45) is 0. The molecule has 1 N–H and O–H groups in total. The lowest BCUT2D eigenvalue weighted by Gasteiger charge is -2.24. The number of hydrogen-bond donors (Lipinski definition) is 1. The molecular formula is C25H23NO6S. The minimum Gasteiger partial charge on any atom is -0.507 e. The second-order valence-electron chi connectivity index (χ2n) is 7.36. The largest absolute Gasteiger partial charge is 0.507 e. The first kappa shape index (κ1) is 22.4. The molecule has 1 atom stereocenters. The number of rotatable bonds is 7. The van der Waals surface area contributed by atoms with E-state index in [4.69, 9.17) is 14.2 Å². The molecule has 1 fully saturated rings. The van der Waals surface area contributed by atoms with Crippen LogP contribution in [0.4, 0.5) is 0 Å². The third-order valence-electron chi connectivity index (χ3n) is 5.52. The van der Waals surface area contributed by atoms with E-state index in [9.17, 15) is 14.7 Å². The summed E-state index contributed by atoms with van der Waals surface area (Å²) in [6, 6.07) is 15.0. The monoisotopic (exact) mass is 465 g/mol. The van der Waals surface area contributed by atoms with E-state index in [-0.39, 0.29) is 17.9 Å². The molecule has 0 bridgehead atoms. The van der Waals surface area contributed by atoms with Crippen LogP contribution in [0, 0.1) is 0 Å². The van der Waals surface area contributed by atoms with Crippen LogP contribution in [0.2, 0.25) is 0 Å². The number of thiophene rings is 1. The van der Waals surface area contributed by atoms with Gasteiger partial charge in [-0.25, -0.2) is 0 Å². The quantitative estimate of drug-likeness (QED) is 0.316. The summed E-state index contributed by atoms with van der Waals surface area (Å²) in [4.78, 5) is 28.5. The molecule has 3 aromatic rings. The van der Waals surface area contributed by atoms with Crippen molar-refractivity contribution >= 4 is 28.8 Å². The maximum absolute atomic E-state index is 13.1. The van der Waals surface area contributed by atoms with Gasteiger partial charge in [-0.15, -0.1) is 11.3 Å². The molecule has 1 unspecified atom stereocenters. The molecule has 0 aliphatic carbocycles. The van der Waals surface area contributed by atoms with Crippen molar-refractivity contribution in [2.75, 3.05) is 21.3 Å². The second-order valence-corrected chi connectivity index (χ2v) is 8.34. The number of carbonyl (C=O) groups excluding carboxylic acids is 2. The molecule has 1 aliphatic heterocycles. The number of nitrogens with zero attached hydrogens (tertiary/aromatic N) is 1. The Morgan fingerprint density at radius 3 is 2.30 bits per heavy atom. The molecule has 2 heterocycles. The Hall–Kier alpha value is -3.78. The van der Waals surface area contributed by atoms with E-state index in [2.05, 4.69) is 0 Å². The van der Waals surface area contributed by atoms with E-state index < -0.39 is 17.7 Å². The molecule has 1 aliphatic rings. The maximum atomic E-state index is 13.1. The molecule has 0 saturated carbocycles. The summed E-state index contributed by atoms with van der Waals surface area (Å²) in [6.45, 7) is 0.160. The number of likely N-dealkylation sites (tertiary alicyclic amines) is 1. The van der Waals surface area contributed by atoms with Gasteiger partial charge in [-0.05, 0) is 53.4 Å². The SMILES string of the molecule is COc1ccc(/C(O)=C2/C(=O)C(=O)N(Cc3ccc(OC)c(OC)c3)C2c2cccs2)cc1. The number of ether oxygens (including phenoxy) is 3. The number of ketones is 1. The molecule has 170 valence electrons. The van der Waals surface area contributed by atoms with Crippen molar-refractivity contribution in [2.24, 2.45) is 0 Å². The highest BCUT2D eigenvalue weighted by Gasteiger charge is 2.46. The van der Waals surface area contributed by atoms with Crippen LogP contribution in [-0.2, 0) is 16.1 Å². The van der Waals surface area contributed by atoms with E-state index in [1.807, 2.05) is 23.6 Å². The van der Waals surface area contributed by atoms with Crippen molar-refractivity contribution < 1.29 is 28.9 Å².